The van der Waals surface area contributed by atoms with Gasteiger partial charge in [-0.25, -0.2) is 3.97 Å². The molecule has 1 saturated heterocycles. The van der Waals surface area contributed by atoms with Gasteiger partial charge in [-0.3, -0.25) is 8.98 Å². The van der Waals surface area contributed by atoms with Gasteiger partial charge < -0.3 is 19.1 Å². The summed E-state index contributed by atoms with van der Waals surface area (Å²) in [5.41, 5.74) is 0.208. The number of rotatable bonds is 11. The normalized spacial score (nSPS) is 15.2. The average molecular weight is 469 g/mol. The van der Waals surface area contributed by atoms with Crippen molar-refractivity contribution in [2.75, 3.05) is 54.2 Å². The molecule has 2 heterocycles. The molecule has 1 fully saturated rings. The summed E-state index contributed by atoms with van der Waals surface area (Å²) < 4.78 is 48.3. The summed E-state index contributed by atoms with van der Waals surface area (Å²) in [5, 5.41) is 0.807. The van der Waals surface area contributed by atoms with Crippen LogP contribution in [0.15, 0.2) is 24.4 Å². The minimum absolute atomic E-state index is 0.196. The summed E-state index contributed by atoms with van der Waals surface area (Å²) in [7, 11) is 1.24. The van der Waals surface area contributed by atoms with E-state index in [1.54, 1.807) is 32.2 Å². The number of esters is 1. The van der Waals surface area contributed by atoms with E-state index in [2.05, 4.69) is 0 Å². The number of ether oxygens (including phenoxy) is 3. The third-order valence-electron chi connectivity index (χ3n) is 5.41. The van der Waals surface area contributed by atoms with Crippen LogP contribution in [0.5, 0.6) is 5.75 Å². The van der Waals surface area contributed by atoms with Gasteiger partial charge in [0.2, 0.25) is 0 Å². The number of methoxy groups -OCH3 is 1. The molecule has 0 saturated carbocycles. The van der Waals surface area contributed by atoms with Crippen LogP contribution in [0.4, 0.5) is 0 Å². The van der Waals surface area contributed by atoms with Gasteiger partial charge in [-0.05, 0) is 52.1 Å². The third kappa shape index (κ3) is 5.61. The smallest absolute Gasteiger partial charge is 0.366 e. The Morgan fingerprint density at radius 1 is 1.28 bits per heavy atom. The van der Waals surface area contributed by atoms with E-state index in [1.807, 2.05) is 25.1 Å². The lowest BCUT2D eigenvalue weighted by molar-refractivity contribution is -0.162. The second-order valence-corrected chi connectivity index (χ2v) is 10.5. The predicted octanol–water partition coefficient (Wildman–Crippen LogP) is 2.08. The van der Waals surface area contributed by atoms with Crippen molar-refractivity contribution in [3.63, 3.8) is 0 Å². The van der Waals surface area contributed by atoms with E-state index in [9.17, 15) is 13.2 Å². The molecular weight excluding hydrogens is 436 g/mol. The van der Waals surface area contributed by atoms with Crippen LogP contribution < -0.4 is 4.74 Å². The van der Waals surface area contributed by atoms with Crippen molar-refractivity contribution in [2.45, 2.75) is 20.3 Å². The number of likely N-dealkylation sites (N-methyl/N-ethyl adjacent to an activating group) is 1. The molecule has 0 radical (unpaired) electrons. The van der Waals surface area contributed by atoms with Crippen molar-refractivity contribution in [1.29, 1.82) is 0 Å². The van der Waals surface area contributed by atoms with E-state index in [1.165, 1.54) is 7.11 Å². The summed E-state index contributed by atoms with van der Waals surface area (Å²) in [4.78, 5) is 14.5. The molecular formula is C22H32N2O7S. The average Bonchev–Trinajstić information content (AvgIpc) is 3.08. The van der Waals surface area contributed by atoms with Gasteiger partial charge in [0, 0.05) is 30.1 Å². The van der Waals surface area contributed by atoms with Crippen molar-refractivity contribution in [1.82, 2.24) is 8.87 Å². The zero-order valence-corrected chi connectivity index (χ0v) is 20.1. The first-order chi connectivity index (χ1) is 15.0. The van der Waals surface area contributed by atoms with Gasteiger partial charge in [0.05, 0.1) is 44.5 Å². The number of carbonyl (C=O) groups excluding carboxylic acids is 1. The molecule has 3 rings (SSSR count). The van der Waals surface area contributed by atoms with E-state index in [0.717, 1.165) is 21.5 Å². The van der Waals surface area contributed by atoms with E-state index in [-0.39, 0.29) is 19.1 Å². The van der Waals surface area contributed by atoms with Crippen LogP contribution in [0.3, 0.4) is 0 Å². The quantitative estimate of drug-likeness (QED) is 0.463. The Balaban J connectivity index is 1.79. The summed E-state index contributed by atoms with van der Waals surface area (Å²) in [6, 6.07) is 5.30. The molecule has 9 nitrogen and oxygen atoms in total. The van der Waals surface area contributed by atoms with Crippen LogP contribution in [0.2, 0.25) is 0 Å². The molecule has 0 aliphatic carbocycles. The first kappa shape index (κ1) is 24.5. The summed E-state index contributed by atoms with van der Waals surface area (Å²) in [6.07, 6.45) is 2.24. The number of aromatic nitrogens is 1. The minimum Gasteiger partial charge on any atom is -0.497 e. The second kappa shape index (κ2) is 9.78. The maximum Gasteiger partial charge on any atom is 0.366 e. The summed E-state index contributed by atoms with van der Waals surface area (Å²) >= 11 is 0. The fraction of sp³-hybridized carbons (Fsp3) is 0.591. The molecule has 0 bridgehead atoms. The maximum atomic E-state index is 13.1. The lowest BCUT2D eigenvalue weighted by Gasteiger charge is -2.28. The Kier molecular flexibility index (Phi) is 7.49. The molecule has 1 aliphatic rings. The summed E-state index contributed by atoms with van der Waals surface area (Å²) in [6.45, 7) is 5.01. The molecule has 0 atom stereocenters. The van der Waals surface area contributed by atoms with Crippen LogP contribution in [0, 0.1) is 11.3 Å². The Morgan fingerprint density at radius 2 is 2.00 bits per heavy atom. The highest BCUT2D eigenvalue weighted by molar-refractivity contribution is 7.85. The molecule has 0 spiro atoms. The van der Waals surface area contributed by atoms with E-state index in [0.29, 0.717) is 30.9 Å². The first-order valence-electron chi connectivity index (χ1n) is 10.5. The molecule has 178 valence electrons. The van der Waals surface area contributed by atoms with Crippen LogP contribution in [0.25, 0.3) is 10.9 Å². The Bertz CT molecular complexity index is 1060. The van der Waals surface area contributed by atoms with Crippen LogP contribution in [-0.4, -0.2) is 77.4 Å². The highest BCUT2D eigenvalue weighted by Crippen LogP contribution is 2.29. The molecule has 10 heteroatoms. The zero-order valence-electron chi connectivity index (χ0n) is 19.3. The largest absolute Gasteiger partial charge is 0.497 e. The monoisotopic (exact) mass is 468 g/mol. The molecule has 0 N–H and O–H groups in total. The van der Waals surface area contributed by atoms with Crippen molar-refractivity contribution < 1.29 is 31.6 Å². The van der Waals surface area contributed by atoms with Crippen molar-refractivity contribution in [3.8, 4) is 5.75 Å². The van der Waals surface area contributed by atoms with Gasteiger partial charge in [-0.15, -0.1) is 0 Å². The predicted molar refractivity (Wildman–Crippen MR) is 120 cm³/mol. The first-order valence-corrected chi connectivity index (χ1v) is 11.9. The summed E-state index contributed by atoms with van der Waals surface area (Å²) in [5.74, 6) is 0.224. The number of hydrogen-bond acceptors (Lipinski definition) is 8. The van der Waals surface area contributed by atoms with Crippen molar-refractivity contribution >= 4 is 27.2 Å². The Morgan fingerprint density at radius 3 is 2.59 bits per heavy atom. The molecule has 1 aliphatic heterocycles. The SMILES string of the molecule is COc1ccc2c(CCN(C)C)cn(S(=O)(=O)OCC(C)(C)C(=O)OCC3COC3)c2c1. The second-order valence-electron chi connectivity index (χ2n) is 8.99. The Labute approximate surface area is 189 Å². The van der Waals surface area contributed by atoms with Gasteiger partial charge in [0.1, 0.15) is 5.75 Å². The van der Waals surface area contributed by atoms with Gasteiger partial charge >= 0.3 is 16.3 Å². The van der Waals surface area contributed by atoms with Crippen LogP contribution >= 0.6 is 0 Å². The van der Waals surface area contributed by atoms with E-state index in [4.69, 9.17) is 18.4 Å². The van der Waals surface area contributed by atoms with Crippen LogP contribution in [-0.2, 0) is 35.2 Å². The zero-order chi connectivity index (χ0) is 23.5. The lowest BCUT2D eigenvalue weighted by Crippen LogP contribution is -2.37. The highest BCUT2D eigenvalue weighted by atomic mass is 32.2. The standard InChI is InChI=1S/C22H32N2O7S/c1-22(2,21(25)30-14-16-12-29-13-16)15-31-32(26,27)24-11-17(8-9-23(3)4)19-7-6-18(28-5)10-20(19)24/h6-7,10-11,16H,8-9,12-15H2,1-5H3. The fourth-order valence-corrected chi connectivity index (χ4v) is 4.41. The maximum absolute atomic E-state index is 13.1. The molecule has 0 unspecified atom stereocenters. The molecule has 1 aromatic heterocycles. The van der Waals surface area contributed by atoms with Gasteiger partial charge in [-0.2, -0.15) is 8.42 Å². The number of hydrogen-bond donors (Lipinski definition) is 0. The number of benzene rings is 1. The minimum atomic E-state index is -4.20. The topological polar surface area (TPSA) is 96.3 Å². The molecule has 2 aromatic rings. The molecule has 1 aromatic carbocycles. The number of carbonyl (C=O) groups is 1. The third-order valence-corrected chi connectivity index (χ3v) is 6.61. The van der Waals surface area contributed by atoms with Gasteiger partial charge in [0.15, 0.2) is 0 Å². The van der Waals surface area contributed by atoms with E-state index >= 15 is 0 Å². The Hall–Kier alpha value is -2.14. The molecule has 32 heavy (non-hydrogen) atoms. The highest BCUT2D eigenvalue weighted by Gasteiger charge is 2.34. The molecule has 0 amide bonds. The van der Waals surface area contributed by atoms with Crippen molar-refractivity contribution in [3.05, 3.63) is 30.0 Å². The number of fused-ring (bicyclic) bond motifs is 1. The lowest BCUT2D eigenvalue weighted by atomic mass is 9.95. The van der Waals surface area contributed by atoms with E-state index < -0.39 is 21.7 Å². The van der Waals surface area contributed by atoms with Crippen LogP contribution in [0.1, 0.15) is 19.4 Å². The van der Waals surface area contributed by atoms with Gasteiger partial charge in [0.25, 0.3) is 0 Å². The number of nitrogens with zero attached hydrogens (tertiary/aromatic N) is 2. The van der Waals surface area contributed by atoms with Crippen molar-refractivity contribution in [2.24, 2.45) is 11.3 Å². The van der Waals surface area contributed by atoms with Gasteiger partial charge in [-0.1, -0.05) is 0 Å². The fourth-order valence-electron chi connectivity index (χ4n) is 3.21.